The Hall–Kier alpha value is -2.16. The van der Waals surface area contributed by atoms with Crippen LogP contribution in [0, 0.1) is 13.8 Å². The molecule has 2 heterocycles. The third-order valence-corrected chi connectivity index (χ3v) is 3.66. The third kappa shape index (κ3) is 1.13. The van der Waals surface area contributed by atoms with Crippen LogP contribution in [-0.2, 0) is 0 Å². The molecule has 1 N–H and O–H groups in total. The lowest BCUT2D eigenvalue weighted by Gasteiger charge is -2.00. The number of rotatable bonds is 0. The predicted octanol–water partition coefficient (Wildman–Crippen LogP) is 3.67. The van der Waals surface area contributed by atoms with Crippen molar-refractivity contribution in [1.82, 2.24) is 4.98 Å². The van der Waals surface area contributed by atoms with E-state index in [0.717, 1.165) is 17.0 Å². The maximum absolute atomic E-state index is 5.46. The first-order valence-corrected chi connectivity index (χ1v) is 6.05. The fraction of sp³-hybridized carbons (Fsp3) is 0.200. The van der Waals surface area contributed by atoms with Crippen LogP contribution in [0.2, 0.25) is 0 Å². The molecular formula is C15H13NO2. The van der Waals surface area contributed by atoms with E-state index in [1.54, 1.807) is 0 Å². The first-order valence-electron chi connectivity index (χ1n) is 6.05. The number of ether oxygens (including phenoxy) is 2. The predicted molar refractivity (Wildman–Crippen MR) is 71.4 cm³/mol. The van der Waals surface area contributed by atoms with Crippen LogP contribution in [-0.4, -0.2) is 11.8 Å². The van der Waals surface area contributed by atoms with Gasteiger partial charge in [-0.2, -0.15) is 0 Å². The molecule has 0 aliphatic carbocycles. The minimum Gasteiger partial charge on any atom is -0.454 e. The number of hydrogen-bond acceptors (Lipinski definition) is 2. The SMILES string of the molecule is Cc1ccc(C)c2c1[nH]c1cc3c(cc12)OCO3. The maximum atomic E-state index is 5.46. The Labute approximate surface area is 104 Å². The summed E-state index contributed by atoms with van der Waals surface area (Å²) in [6.07, 6.45) is 0. The number of aromatic nitrogens is 1. The molecule has 4 rings (SSSR count). The molecule has 3 aromatic rings. The van der Waals surface area contributed by atoms with E-state index >= 15 is 0 Å². The number of hydrogen-bond donors (Lipinski definition) is 1. The molecule has 18 heavy (non-hydrogen) atoms. The molecule has 0 radical (unpaired) electrons. The molecule has 3 heteroatoms. The average Bonchev–Trinajstić information content (AvgIpc) is 2.94. The fourth-order valence-corrected chi connectivity index (χ4v) is 2.71. The van der Waals surface area contributed by atoms with Gasteiger partial charge in [0.05, 0.1) is 5.52 Å². The van der Waals surface area contributed by atoms with Gasteiger partial charge in [-0.15, -0.1) is 0 Å². The van der Waals surface area contributed by atoms with E-state index in [4.69, 9.17) is 9.47 Å². The van der Waals surface area contributed by atoms with E-state index in [2.05, 4.69) is 37.0 Å². The first kappa shape index (κ1) is 9.83. The van der Waals surface area contributed by atoms with Crippen molar-refractivity contribution in [2.75, 3.05) is 6.79 Å². The summed E-state index contributed by atoms with van der Waals surface area (Å²) in [6.45, 7) is 4.58. The van der Waals surface area contributed by atoms with Crippen molar-refractivity contribution in [3.63, 3.8) is 0 Å². The minimum absolute atomic E-state index is 0.317. The third-order valence-electron chi connectivity index (χ3n) is 3.66. The van der Waals surface area contributed by atoms with Crippen molar-refractivity contribution in [3.05, 3.63) is 35.4 Å². The molecule has 2 aromatic carbocycles. The summed E-state index contributed by atoms with van der Waals surface area (Å²) in [7, 11) is 0. The van der Waals surface area contributed by atoms with Crippen molar-refractivity contribution in [3.8, 4) is 11.5 Å². The minimum atomic E-state index is 0.317. The molecule has 0 spiro atoms. The van der Waals surface area contributed by atoms with Gasteiger partial charge in [-0.1, -0.05) is 12.1 Å². The number of aryl methyl sites for hydroxylation is 2. The topological polar surface area (TPSA) is 34.2 Å². The Morgan fingerprint density at radius 2 is 1.72 bits per heavy atom. The number of fused-ring (bicyclic) bond motifs is 4. The molecule has 1 aromatic heterocycles. The van der Waals surface area contributed by atoms with Gasteiger partial charge >= 0.3 is 0 Å². The Morgan fingerprint density at radius 1 is 1.00 bits per heavy atom. The Balaban J connectivity index is 2.21. The van der Waals surface area contributed by atoms with Crippen molar-refractivity contribution >= 4 is 21.8 Å². The normalized spacial score (nSPS) is 13.7. The lowest BCUT2D eigenvalue weighted by atomic mass is 10.0. The zero-order chi connectivity index (χ0) is 12.3. The van der Waals surface area contributed by atoms with Crippen LogP contribution in [0.25, 0.3) is 21.8 Å². The molecule has 0 unspecified atom stereocenters. The van der Waals surface area contributed by atoms with Gasteiger partial charge in [0.25, 0.3) is 0 Å². The summed E-state index contributed by atoms with van der Waals surface area (Å²) in [5.41, 5.74) is 4.84. The Morgan fingerprint density at radius 3 is 2.56 bits per heavy atom. The van der Waals surface area contributed by atoms with Crippen LogP contribution in [0.15, 0.2) is 24.3 Å². The van der Waals surface area contributed by atoms with E-state index in [-0.39, 0.29) is 0 Å². The molecule has 0 saturated heterocycles. The monoisotopic (exact) mass is 239 g/mol. The molecule has 1 aliphatic rings. The van der Waals surface area contributed by atoms with Gasteiger partial charge in [0, 0.05) is 22.4 Å². The lowest BCUT2D eigenvalue weighted by molar-refractivity contribution is 0.174. The van der Waals surface area contributed by atoms with Gasteiger partial charge < -0.3 is 14.5 Å². The van der Waals surface area contributed by atoms with Crippen molar-refractivity contribution in [2.45, 2.75) is 13.8 Å². The van der Waals surface area contributed by atoms with E-state index in [9.17, 15) is 0 Å². The quantitative estimate of drug-likeness (QED) is 0.649. The zero-order valence-corrected chi connectivity index (χ0v) is 10.3. The van der Waals surface area contributed by atoms with Crippen molar-refractivity contribution in [1.29, 1.82) is 0 Å². The van der Waals surface area contributed by atoms with E-state index in [0.29, 0.717) is 6.79 Å². The molecule has 0 saturated carbocycles. The van der Waals surface area contributed by atoms with Crippen LogP contribution in [0.3, 0.4) is 0 Å². The largest absolute Gasteiger partial charge is 0.454 e. The highest BCUT2D eigenvalue weighted by Crippen LogP contribution is 2.39. The Bertz CT molecular complexity index is 786. The van der Waals surface area contributed by atoms with Gasteiger partial charge in [0.1, 0.15) is 0 Å². The molecule has 0 fully saturated rings. The second-order valence-electron chi connectivity index (χ2n) is 4.83. The van der Waals surface area contributed by atoms with Crippen molar-refractivity contribution < 1.29 is 9.47 Å². The van der Waals surface area contributed by atoms with Crippen LogP contribution in [0.1, 0.15) is 11.1 Å². The van der Waals surface area contributed by atoms with Crippen LogP contribution < -0.4 is 9.47 Å². The van der Waals surface area contributed by atoms with Crippen LogP contribution >= 0.6 is 0 Å². The van der Waals surface area contributed by atoms with Gasteiger partial charge in [-0.25, -0.2) is 0 Å². The van der Waals surface area contributed by atoms with Gasteiger partial charge in [0.2, 0.25) is 6.79 Å². The fourth-order valence-electron chi connectivity index (χ4n) is 2.71. The van der Waals surface area contributed by atoms with Crippen molar-refractivity contribution in [2.24, 2.45) is 0 Å². The molecule has 90 valence electrons. The van der Waals surface area contributed by atoms with E-state index in [1.807, 2.05) is 6.07 Å². The maximum Gasteiger partial charge on any atom is 0.231 e. The van der Waals surface area contributed by atoms with Gasteiger partial charge in [-0.3, -0.25) is 0 Å². The summed E-state index contributed by atoms with van der Waals surface area (Å²) in [5.74, 6) is 1.66. The smallest absolute Gasteiger partial charge is 0.231 e. The number of aromatic amines is 1. The van der Waals surface area contributed by atoms with E-state index < -0.39 is 0 Å². The summed E-state index contributed by atoms with van der Waals surface area (Å²) in [5, 5.41) is 2.48. The van der Waals surface area contributed by atoms with E-state index in [1.165, 1.54) is 27.4 Å². The standard InChI is InChI=1S/C15H13NO2/c1-8-3-4-9(2)15-14(8)10-5-12-13(18-7-17-12)6-11(10)16-15/h3-6,16H,7H2,1-2H3. The van der Waals surface area contributed by atoms with Gasteiger partial charge in [0.15, 0.2) is 11.5 Å². The lowest BCUT2D eigenvalue weighted by Crippen LogP contribution is -1.92. The van der Waals surface area contributed by atoms with Crippen LogP contribution in [0.4, 0.5) is 0 Å². The second kappa shape index (κ2) is 3.19. The highest BCUT2D eigenvalue weighted by molar-refractivity contribution is 6.10. The second-order valence-corrected chi connectivity index (χ2v) is 4.83. The van der Waals surface area contributed by atoms with Crippen LogP contribution in [0.5, 0.6) is 11.5 Å². The summed E-state index contributed by atoms with van der Waals surface area (Å²) in [6, 6.07) is 8.41. The highest BCUT2D eigenvalue weighted by Gasteiger charge is 2.17. The highest BCUT2D eigenvalue weighted by atomic mass is 16.7. The molecular weight excluding hydrogens is 226 g/mol. The molecule has 3 nitrogen and oxygen atoms in total. The van der Waals surface area contributed by atoms with Gasteiger partial charge in [-0.05, 0) is 31.0 Å². The molecule has 0 amide bonds. The molecule has 0 bridgehead atoms. The average molecular weight is 239 g/mol. The zero-order valence-electron chi connectivity index (χ0n) is 10.3. The Kier molecular flexibility index (Phi) is 1.74. The summed E-state index contributed by atoms with van der Waals surface area (Å²) in [4.78, 5) is 3.48. The summed E-state index contributed by atoms with van der Waals surface area (Å²) >= 11 is 0. The number of H-pyrrole nitrogens is 1. The molecule has 1 aliphatic heterocycles. The summed E-state index contributed by atoms with van der Waals surface area (Å²) < 4.78 is 10.9. The number of benzene rings is 2. The molecule has 0 atom stereocenters. The number of nitrogens with one attached hydrogen (secondary N) is 1. The first-order chi connectivity index (χ1) is 8.74.